The molecule has 0 aliphatic carbocycles. The van der Waals surface area contributed by atoms with Crippen LogP contribution >= 0.6 is 34.8 Å². The lowest BCUT2D eigenvalue weighted by molar-refractivity contribution is 0.629. The maximum atomic E-state index is 13.4. The zero-order valence-electron chi connectivity index (χ0n) is 8.98. The van der Waals surface area contributed by atoms with Gasteiger partial charge in [0.1, 0.15) is 5.82 Å². The van der Waals surface area contributed by atoms with E-state index in [0.29, 0.717) is 27.1 Å². The van der Waals surface area contributed by atoms with E-state index < -0.39 is 5.82 Å². The fourth-order valence-electron chi connectivity index (χ4n) is 1.42. The quantitative estimate of drug-likeness (QED) is 0.756. The third-order valence-corrected chi connectivity index (χ3v) is 3.42. The molecule has 94 valence electrons. The molecule has 0 saturated carbocycles. The molecule has 0 radical (unpaired) electrons. The molecule has 2 nitrogen and oxygen atoms in total. The van der Waals surface area contributed by atoms with Crippen molar-refractivity contribution in [1.82, 2.24) is 0 Å². The van der Waals surface area contributed by atoms with Crippen molar-refractivity contribution in [2.45, 2.75) is 0 Å². The maximum Gasteiger partial charge on any atom is 0.144 e. The third kappa shape index (κ3) is 2.64. The lowest BCUT2D eigenvalue weighted by Crippen LogP contribution is -1.98. The Morgan fingerprint density at radius 2 is 1.72 bits per heavy atom. The van der Waals surface area contributed by atoms with Crippen molar-refractivity contribution in [2.75, 3.05) is 11.1 Å². The van der Waals surface area contributed by atoms with E-state index in [4.69, 9.17) is 40.5 Å². The molecule has 0 heterocycles. The SMILES string of the molecule is Nc1cc(Cl)c(F)cc1Nc1cccc(Cl)c1Cl. The molecule has 0 amide bonds. The smallest absolute Gasteiger partial charge is 0.144 e. The number of rotatable bonds is 2. The van der Waals surface area contributed by atoms with E-state index >= 15 is 0 Å². The van der Waals surface area contributed by atoms with Crippen molar-refractivity contribution in [2.24, 2.45) is 0 Å². The molecule has 2 rings (SSSR count). The number of nitrogens with one attached hydrogen (secondary N) is 1. The second-order valence-corrected chi connectivity index (χ2v) is 4.77. The van der Waals surface area contributed by atoms with Gasteiger partial charge in [-0.15, -0.1) is 0 Å². The number of hydrogen-bond acceptors (Lipinski definition) is 2. The lowest BCUT2D eigenvalue weighted by Gasteiger charge is -2.12. The van der Waals surface area contributed by atoms with E-state index in [0.717, 1.165) is 0 Å². The second-order valence-electron chi connectivity index (χ2n) is 3.58. The summed E-state index contributed by atoms with van der Waals surface area (Å²) in [5.74, 6) is -0.563. The number of benzene rings is 2. The van der Waals surface area contributed by atoms with Gasteiger partial charge in [-0.25, -0.2) is 4.39 Å². The first-order chi connectivity index (χ1) is 8.49. The predicted octanol–water partition coefficient (Wildman–Crippen LogP) is 5.11. The molecule has 2 aromatic carbocycles. The first kappa shape index (κ1) is 13.3. The molecule has 0 aliphatic rings. The Labute approximate surface area is 118 Å². The highest BCUT2D eigenvalue weighted by Crippen LogP contribution is 2.34. The van der Waals surface area contributed by atoms with Crippen LogP contribution in [0.2, 0.25) is 15.1 Å². The van der Waals surface area contributed by atoms with Crippen LogP contribution in [-0.4, -0.2) is 0 Å². The number of nitrogens with two attached hydrogens (primary N) is 1. The fraction of sp³-hybridized carbons (Fsp3) is 0. The summed E-state index contributed by atoms with van der Waals surface area (Å²) in [5.41, 5.74) is 6.97. The largest absolute Gasteiger partial charge is 0.397 e. The van der Waals surface area contributed by atoms with Gasteiger partial charge in [-0.1, -0.05) is 40.9 Å². The van der Waals surface area contributed by atoms with Crippen molar-refractivity contribution >= 4 is 51.9 Å². The van der Waals surface area contributed by atoms with Gasteiger partial charge in [-0.2, -0.15) is 0 Å². The average Bonchev–Trinajstić information content (AvgIpc) is 2.32. The summed E-state index contributed by atoms with van der Waals surface area (Å²) in [5, 5.41) is 3.62. The van der Waals surface area contributed by atoms with E-state index in [2.05, 4.69) is 5.32 Å². The maximum absolute atomic E-state index is 13.4. The van der Waals surface area contributed by atoms with Gasteiger partial charge in [-0.05, 0) is 18.2 Å². The molecule has 18 heavy (non-hydrogen) atoms. The molecule has 6 heteroatoms. The Hall–Kier alpha value is -1.16. The Kier molecular flexibility index (Phi) is 3.85. The van der Waals surface area contributed by atoms with Gasteiger partial charge in [0.2, 0.25) is 0 Å². The number of anilines is 3. The topological polar surface area (TPSA) is 38.0 Å². The number of halogens is 4. The van der Waals surface area contributed by atoms with E-state index in [1.165, 1.54) is 12.1 Å². The summed E-state index contributed by atoms with van der Waals surface area (Å²) >= 11 is 17.5. The zero-order chi connectivity index (χ0) is 13.3. The first-order valence-electron chi connectivity index (χ1n) is 4.94. The van der Waals surface area contributed by atoms with Gasteiger partial charge in [0.05, 0.1) is 32.1 Å². The van der Waals surface area contributed by atoms with Crippen LogP contribution in [0, 0.1) is 5.82 Å². The lowest BCUT2D eigenvalue weighted by atomic mass is 10.2. The van der Waals surface area contributed by atoms with Crippen molar-refractivity contribution < 1.29 is 4.39 Å². The number of hydrogen-bond donors (Lipinski definition) is 2. The summed E-state index contributed by atoms with van der Waals surface area (Å²) in [6, 6.07) is 7.62. The van der Waals surface area contributed by atoms with Crippen molar-refractivity contribution in [1.29, 1.82) is 0 Å². The van der Waals surface area contributed by atoms with E-state index in [1.807, 2.05) is 0 Å². The van der Waals surface area contributed by atoms with Crippen molar-refractivity contribution in [3.05, 3.63) is 51.2 Å². The molecule has 0 saturated heterocycles. The molecule has 0 spiro atoms. The molecular formula is C12H8Cl3FN2. The summed E-state index contributed by atoms with van der Waals surface area (Å²) in [6.45, 7) is 0. The number of nitrogen functional groups attached to an aromatic ring is 1. The average molecular weight is 306 g/mol. The van der Waals surface area contributed by atoms with Crippen LogP contribution in [-0.2, 0) is 0 Å². The molecule has 3 N–H and O–H groups in total. The van der Waals surface area contributed by atoms with Crippen LogP contribution < -0.4 is 11.1 Å². The van der Waals surface area contributed by atoms with E-state index in [9.17, 15) is 4.39 Å². The van der Waals surface area contributed by atoms with Gasteiger partial charge >= 0.3 is 0 Å². The van der Waals surface area contributed by atoms with Crippen LogP contribution in [0.3, 0.4) is 0 Å². The zero-order valence-corrected chi connectivity index (χ0v) is 11.2. The van der Waals surface area contributed by atoms with Gasteiger partial charge in [0, 0.05) is 6.07 Å². The fourth-order valence-corrected chi connectivity index (χ4v) is 1.94. The highest BCUT2D eigenvalue weighted by Gasteiger charge is 2.09. The molecule has 2 aromatic rings. The summed E-state index contributed by atoms with van der Waals surface area (Å²) in [4.78, 5) is 0. The molecule has 0 bridgehead atoms. The Bertz CT molecular complexity index is 602. The van der Waals surface area contributed by atoms with E-state index in [-0.39, 0.29) is 5.02 Å². The summed E-state index contributed by atoms with van der Waals surface area (Å²) < 4.78 is 13.4. The standard InChI is InChI=1S/C12H8Cl3FN2/c13-6-2-1-3-10(12(6)15)18-11-5-8(16)7(14)4-9(11)17/h1-5,18H,17H2. The highest BCUT2D eigenvalue weighted by molar-refractivity contribution is 6.43. The van der Waals surface area contributed by atoms with Gasteiger partial charge in [-0.3, -0.25) is 0 Å². The normalized spacial score (nSPS) is 10.4. The monoisotopic (exact) mass is 304 g/mol. The molecule has 0 unspecified atom stereocenters. The summed E-state index contributed by atoms with van der Waals surface area (Å²) in [6.07, 6.45) is 0. The third-order valence-electron chi connectivity index (χ3n) is 2.31. The van der Waals surface area contributed by atoms with Gasteiger partial charge in [0.25, 0.3) is 0 Å². The Morgan fingerprint density at radius 1 is 1.00 bits per heavy atom. The van der Waals surface area contributed by atoms with Crippen LogP contribution in [0.5, 0.6) is 0 Å². The minimum atomic E-state index is -0.563. The predicted molar refractivity (Wildman–Crippen MR) is 75.6 cm³/mol. The first-order valence-corrected chi connectivity index (χ1v) is 6.08. The Morgan fingerprint density at radius 3 is 2.44 bits per heavy atom. The minimum Gasteiger partial charge on any atom is -0.397 e. The van der Waals surface area contributed by atoms with Gasteiger partial charge in [0.15, 0.2) is 0 Å². The van der Waals surface area contributed by atoms with Crippen molar-refractivity contribution in [3.63, 3.8) is 0 Å². The van der Waals surface area contributed by atoms with Crippen LogP contribution in [0.25, 0.3) is 0 Å². The molecule has 0 atom stereocenters. The van der Waals surface area contributed by atoms with Crippen LogP contribution in [0.1, 0.15) is 0 Å². The van der Waals surface area contributed by atoms with E-state index in [1.54, 1.807) is 18.2 Å². The molecule has 0 fully saturated rings. The highest BCUT2D eigenvalue weighted by atomic mass is 35.5. The molecular weight excluding hydrogens is 298 g/mol. The van der Waals surface area contributed by atoms with Gasteiger partial charge < -0.3 is 11.1 Å². The van der Waals surface area contributed by atoms with Crippen LogP contribution in [0.4, 0.5) is 21.5 Å². The molecule has 0 aliphatic heterocycles. The Balaban J connectivity index is 2.40. The van der Waals surface area contributed by atoms with Crippen LogP contribution in [0.15, 0.2) is 30.3 Å². The minimum absolute atomic E-state index is 0.0322. The van der Waals surface area contributed by atoms with Crippen molar-refractivity contribution in [3.8, 4) is 0 Å². The second kappa shape index (κ2) is 5.22. The summed E-state index contributed by atoms with van der Waals surface area (Å²) in [7, 11) is 0. The molecule has 0 aromatic heterocycles.